The summed E-state index contributed by atoms with van der Waals surface area (Å²) in [6.45, 7) is 5.72. The van der Waals surface area contributed by atoms with E-state index in [1.165, 1.54) is 6.34 Å². The molecule has 0 spiro atoms. The average molecular weight is 320 g/mol. The molecule has 5 nitrogen and oxygen atoms in total. The predicted octanol–water partition coefficient (Wildman–Crippen LogP) is 3.63. The van der Waals surface area contributed by atoms with Crippen LogP contribution in [0.1, 0.15) is 31.1 Å². The van der Waals surface area contributed by atoms with Gasteiger partial charge in [-0.05, 0) is 26.2 Å². The summed E-state index contributed by atoms with van der Waals surface area (Å²) in [7, 11) is 0. The van der Waals surface area contributed by atoms with Crippen LogP contribution in [0.15, 0.2) is 46.8 Å². The molecule has 0 radical (unpaired) electrons. The van der Waals surface area contributed by atoms with Crippen molar-refractivity contribution in [2.45, 2.75) is 26.4 Å². The van der Waals surface area contributed by atoms with E-state index in [9.17, 15) is 9.59 Å². The molecule has 0 atom stereocenters. The van der Waals surface area contributed by atoms with Gasteiger partial charge in [-0.1, -0.05) is 48.2 Å². The van der Waals surface area contributed by atoms with Crippen molar-refractivity contribution in [1.82, 2.24) is 5.32 Å². The maximum Gasteiger partial charge on any atom is 0.412 e. The van der Waals surface area contributed by atoms with E-state index in [2.05, 4.69) is 10.3 Å². The fourth-order valence-electron chi connectivity index (χ4n) is 1.31. The van der Waals surface area contributed by atoms with Crippen LogP contribution < -0.4 is 5.32 Å². The minimum absolute atomic E-state index is 0.0206. The molecule has 0 aliphatic carbocycles. The van der Waals surface area contributed by atoms with Gasteiger partial charge in [0.25, 0.3) is 0 Å². The molecule has 0 aromatic heterocycles. The number of thioether (sulfide) groups is 1. The highest BCUT2D eigenvalue weighted by molar-refractivity contribution is 8.16. The Labute approximate surface area is 134 Å². The molecule has 0 unspecified atom stereocenters. The maximum atomic E-state index is 11.8. The van der Waals surface area contributed by atoms with E-state index in [-0.39, 0.29) is 5.12 Å². The number of hydrogen-bond acceptors (Lipinski definition) is 5. The van der Waals surface area contributed by atoms with E-state index < -0.39 is 11.7 Å². The van der Waals surface area contributed by atoms with Gasteiger partial charge < -0.3 is 4.74 Å². The number of aliphatic imine (C=N–C) groups is 1. The molecule has 118 valence electrons. The summed E-state index contributed by atoms with van der Waals surface area (Å²) in [5.74, 6) is 0. The maximum absolute atomic E-state index is 11.8. The van der Waals surface area contributed by atoms with Gasteiger partial charge in [0.2, 0.25) is 5.12 Å². The summed E-state index contributed by atoms with van der Waals surface area (Å²) in [6.07, 6.45) is 2.47. The minimum Gasteiger partial charge on any atom is -0.444 e. The summed E-state index contributed by atoms with van der Waals surface area (Å²) in [6, 6.07) is 9.05. The van der Waals surface area contributed by atoms with Gasteiger partial charge >= 0.3 is 6.09 Å². The Morgan fingerprint density at radius 2 is 1.95 bits per heavy atom. The van der Waals surface area contributed by atoms with Gasteiger partial charge in [-0.15, -0.1) is 0 Å². The smallest absolute Gasteiger partial charge is 0.412 e. The zero-order valence-corrected chi connectivity index (χ0v) is 13.7. The van der Waals surface area contributed by atoms with Gasteiger partial charge in [0.05, 0.1) is 12.9 Å². The molecule has 1 aromatic rings. The van der Waals surface area contributed by atoms with Gasteiger partial charge in [-0.25, -0.2) is 4.79 Å². The molecule has 0 saturated heterocycles. The van der Waals surface area contributed by atoms with Crippen LogP contribution >= 0.6 is 11.8 Å². The fraction of sp³-hybridized carbons (Fsp3) is 0.312. The summed E-state index contributed by atoms with van der Waals surface area (Å²) < 4.78 is 5.04. The molecule has 22 heavy (non-hydrogen) atoms. The van der Waals surface area contributed by atoms with E-state index in [0.717, 1.165) is 11.8 Å². The van der Waals surface area contributed by atoms with E-state index in [1.807, 2.05) is 18.2 Å². The topological polar surface area (TPSA) is 67.8 Å². The Morgan fingerprint density at radius 3 is 2.59 bits per heavy atom. The number of benzene rings is 1. The second-order valence-electron chi connectivity index (χ2n) is 5.28. The van der Waals surface area contributed by atoms with Crippen molar-refractivity contribution in [3.8, 4) is 0 Å². The van der Waals surface area contributed by atoms with E-state index in [1.54, 1.807) is 44.4 Å². The van der Waals surface area contributed by atoms with Crippen LogP contribution in [0, 0.1) is 0 Å². The van der Waals surface area contributed by atoms with Gasteiger partial charge in [-0.3, -0.25) is 15.1 Å². The highest BCUT2D eigenvalue weighted by atomic mass is 32.2. The van der Waals surface area contributed by atoms with Crippen molar-refractivity contribution in [2.24, 2.45) is 4.99 Å². The van der Waals surface area contributed by atoms with Crippen molar-refractivity contribution >= 4 is 29.3 Å². The Balaban J connectivity index is 2.23. The Kier molecular flexibility index (Phi) is 7.39. The number of nitrogens with one attached hydrogen (secondary N) is 1. The number of alkyl carbamates (subject to hydrolysis) is 1. The first kappa shape index (κ1) is 18.0. The third kappa shape index (κ3) is 8.26. The van der Waals surface area contributed by atoms with E-state index >= 15 is 0 Å². The van der Waals surface area contributed by atoms with Gasteiger partial charge in [0.1, 0.15) is 5.60 Å². The lowest BCUT2D eigenvalue weighted by Crippen LogP contribution is -2.31. The van der Waals surface area contributed by atoms with Crippen LogP contribution in [0.25, 0.3) is 0 Å². The molecule has 1 N–H and O–H groups in total. The largest absolute Gasteiger partial charge is 0.444 e. The first-order chi connectivity index (χ1) is 10.4. The minimum atomic E-state index is -0.547. The van der Waals surface area contributed by atoms with Crippen molar-refractivity contribution in [3.05, 3.63) is 47.4 Å². The van der Waals surface area contributed by atoms with Gasteiger partial charge in [-0.2, -0.15) is 0 Å². The lowest BCUT2D eigenvalue weighted by molar-refractivity contribution is 0.0565. The zero-order chi connectivity index (χ0) is 16.4. The first-order valence-corrected chi connectivity index (χ1v) is 7.65. The van der Waals surface area contributed by atoms with Crippen LogP contribution in [-0.4, -0.2) is 29.7 Å². The van der Waals surface area contributed by atoms with E-state index in [4.69, 9.17) is 4.74 Å². The third-order valence-corrected chi connectivity index (χ3v) is 2.94. The Hall–Kier alpha value is -2.08. The monoisotopic (exact) mass is 320 g/mol. The molecule has 1 aromatic carbocycles. The number of ether oxygens (including phenoxy) is 1. The lowest BCUT2D eigenvalue weighted by atomic mass is 10.2. The standard InChI is InChI=1S/C16H20N2O3S/c1-16(2,3)21-15(20)18-12-17-10-7-11-22-14(19)13-8-5-4-6-9-13/h4-9,11-12H,10H2,1-3H3,(H,17,18,20)/b11-7+. The molecule has 1 amide bonds. The molecule has 0 saturated carbocycles. The summed E-state index contributed by atoms with van der Waals surface area (Å²) in [5.41, 5.74) is 0.124. The quantitative estimate of drug-likeness (QED) is 0.664. The number of nitrogens with zero attached hydrogens (tertiary/aromatic N) is 1. The third-order valence-electron chi connectivity index (χ3n) is 2.16. The molecular weight excluding hydrogens is 300 g/mol. The zero-order valence-electron chi connectivity index (χ0n) is 12.9. The first-order valence-electron chi connectivity index (χ1n) is 6.77. The SMILES string of the molecule is CC(C)(C)OC(=O)NC=NC/C=C/SC(=O)c1ccccc1. The summed E-state index contributed by atoms with van der Waals surface area (Å²) in [5, 5.41) is 4.06. The van der Waals surface area contributed by atoms with Crippen molar-refractivity contribution in [2.75, 3.05) is 6.54 Å². The summed E-state index contributed by atoms with van der Waals surface area (Å²) in [4.78, 5) is 27.0. The van der Waals surface area contributed by atoms with Crippen LogP contribution in [-0.2, 0) is 4.74 Å². The molecule has 0 bridgehead atoms. The number of amides is 1. The molecule has 0 heterocycles. The predicted molar refractivity (Wildman–Crippen MR) is 90.2 cm³/mol. The number of rotatable bonds is 5. The van der Waals surface area contributed by atoms with Crippen LogP contribution in [0.2, 0.25) is 0 Å². The molecule has 1 rings (SSSR count). The molecular formula is C16H20N2O3S. The average Bonchev–Trinajstić information content (AvgIpc) is 2.45. The van der Waals surface area contributed by atoms with Gasteiger partial charge in [0, 0.05) is 5.56 Å². The normalized spacial score (nSPS) is 11.8. The Bertz CT molecular complexity index is 548. The van der Waals surface area contributed by atoms with Crippen LogP contribution in [0.4, 0.5) is 4.79 Å². The van der Waals surface area contributed by atoms with Crippen molar-refractivity contribution in [1.29, 1.82) is 0 Å². The van der Waals surface area contributed by atoms with E-state index in [0.29, 0.717) is 12.1 Å². The number of hydrogen-bond donors (Lipinski definition) is 1. The number of carbonyl (C=O) groups is 2. The lowest BCUT2D eigenvalue weighted by Gasteiger charge is -2.18. The van der Waals surface area contributed by atoms with Crippen molar-refractivity contribution in [3.63, 3.8) is 0 Å². The second kappa shape index (κ2) is 9.04. The molecule has 0 aliphatic rings. The van der Waals surface area contributed by atoms with Crippen LogP contribution in [0.5, 0.6) is 0 Å². The highest BCUT2D eigenvalue weighted by Crippen LogP contribution is 2.12. The molecule has 0 fully saturated rings. The summed E-state index contributed by atoms with van der Waals surface area (Å²) >= 11 is 1.10. The second-order valence-corrected chi connectivity index (χ2v) is 6.16. The fourth-order valence-corrected chi connectivity index (χ4v) is 1.89. The van der Waals surface area contributed by atoms with Crippen LogP contribution in [0.3, 0.4) is 0 Å². The van der Waals surface area contributed by atoms with Crippen molar-refractivity contribution < 1.29 is 14.3 Å². The highest BCUT2D eigenvalue weighted by Gasteiger charge is 2.14. The molecule has 0 aliphatic heterocycles. The van der Waals surface area contributed by atoms with Gasteiger partial charge in [0.15, 0.2) is 0 Å². The molecule has 6 heteroatoms. The number of carbonyl (C=O) groups excluding carboxylic acids is 2. The Morgan fingerprint density at radius 1 is 1.27 bits per heavy atom.